The van der Waals surface area contributed by atoms with E-state index in [1.807, 2.05) is 32.0 Å². The molecule has 0 aromatic heterocycles. The zero-order valence-electron chi connectivity index (χ0n) is 15.9. The Morgan fingerprint density at radius 3 is 2.41 bits per heavy atom. The Morgan fingerprint density at radius 2 is 1.72 bits per heavy atom. The van der Waals surface area contributed by atoms with Gasteiger partial charge in [0, 0.05) is 11.3 Å². The Hall–Kier alpha value is -3.18. The number of esters is 1. The molecule has 0 saturated carbocycles. The highest BCUT2D eigenvalue weighted by atomic mass is 35.5. The fraction of sp³-hybridized carbons (Fsp3) is 0.130. The number of aryl methyl sites for hydroxylation is 2. The van der Waals surface area contributed by atoms with E-state index in [1.54, 1.807) is 30.3 Å². The molecule has 3 aromatic rings. The van der Waals surface area contributed by atoms with Crippen LogP contribution in [0.15, 0.2) is 66.7 Å². The summed E-state index contributed by atoms with van der Waals surface area (Å²) < 4.78 is 18.8. The molecule has 0 saturated heterocycles. The predicted molar refractivity (Wildman–Crippen MR) is 111 cm³/mol. The Kier molecular flexibility index (Phi) is 6.29. The maximum Gasteiger partial charge on any atom is 0.340 e. The van der Waals surface area contributed by atoms with Gasteiger partial charge >= 0.3 is 5.97 Å². The zero-order chi connectivity index (χ0) is 21.0. The molecule has 0 fully saturated rings. The van der Waals surface area contributed by atoms with Gasteiger partial charge in [-0.1, -0.05) is 54.1 Å². The van der Waals surface area contributed by atoms with Gasteiger partial charge in [-0.15, -0.1) is 0 Å². The Balaban J connectivity index is 1.89. The molecule has 0 radical (unpaired) electrons. The van der Waals surface area contributed by atoms with E-state index in [0.29, 0.717) is 11.3 Å². The van der Waals surface area contributed by atoms with Gasteiger partial charge in [-0.3, -0.25) is 4.79 Å². The van der Waals surface area contributed by atoms with Gasteiger partial charge in [0.15, 0.2) is 0 Å². The summed E-state index contributed by atoms with van der Waals surface area (Å²) in [6.45, 7) is 3.79. The van der Waals surface area contributed by atoms with E-state index in [9.17, 15) is 14.0 Å². The van der Waals surface area contributed by atoms with Crippen molar-refractivity contribution >= 4 is 29.2 Å². The first kappa shape index (κ1) is 20.6. The number of carbonyl (C=O) groups is 2. The maximum absolute atomic E-state index is 13.3. The molecular weight excluding hydrogens is 393 g/mol. The third-order valence-electron chi connectivity index (χ3n) is 4.37. The molecule has 6 heteroatoms. The second-order valence-electron chi connectivity index (χ2n) is 6.63. The molecule has 0 aliphatic carbocycles. The smallest absolute Gasteiger partial charge is 0.340 e. The van der Waals surface area contributed by atoms with E-state index in [-0.39, 0.29) is 10.6 Å². The number of rotatable bonds is 5. The molecule has 0 spiro atoms. The highest BCUT2D eigenvalue weighted by Crippen LogP contribution is 2.26. The van der Waals surface area contributed by atoms with Gasteiger partial charge in [-0.05, 0) is 49.2 Å². The molecule has 0 heterocycles. The summed E-state index contributed by atoms with van der Waals surface area (Å²) in [4.78, 5) is 25.6. The molecule has 29 heavy (non-hydrogen) atoms. The third-order valence-corrected chi connectivity index (χ3v) is 4.68. The van der Waals surface area contributed by atoms with E-state index < -0.39 is 23.8 Å². The largest absolute Gasteiger partial charge is 0.444 e. The van der Waals surface area contributed by atoms with Crippen molar-refractivity contribution in [3.63, 3.8) is 0 Å². The summed E-state index contributed by atoms with van der Waals surface area (Å²) in [6.07, 6.45) is -1.20. The topological polar surface area (TPSA) is 55.4 Å². The number of hydrogen-bond acceptors (Lipinski definition) is 3. The number of ether oxygens (including phenoxy) is 1. The summed E-state index contributed by atoms with van der Waals surface area (Å²) in [5.41, 5.74) is 2.98. The van der Waals surface area contributed by atoms with E-state index in [1.165, 1.54) is 6.07 Å². The second kappa shape index (κ2) is 8.88. The lowest BCUT2D eigenvalue weighted by molar-refractivity contribution is -0.125. The van der Waals surface area contributed by atoms with Crippen molar-refractivity contribution in [3.05, 3.63) is 99.8 Å². The SMILES string of the molecule is Cc1ccc(C)c(NC(=O)[C@H](OC(=O)c2ccc(F)cc2Cl)c2ccccc2)c1. The molecule has 1 N–H and O–H groups in total. The molecule has 3 rings (SSSR count). The average molecular weight is 412 g/mol. The first-order chi connectivity index (χ1) is 13.8. The van der Waals surface area contributed by atoms with Gasteiger partial charge < -0.3 is 10.1 Å². The van der Waals surface area contributed by atoms with Gasteiger partial charge in [0.25, 0.3) is 5.91 Å². The number of halogens is 2. The van der Waals surface area contributed by atoms with Crippen molar-refractivity contribution in [2.45, 2.75) is 20.0 Å². The van der Waals surface area contributed by atoms with Gasteiger partial charge in [-0.25, -0.2) is 9.18 Å². The fourth-order valence-electron chi connectivity index (χ4n) is 2.80. The maximum atomic E-state index is 13.3. The lowest BCUT2D eigenvalue weighted by atomic mass is 10.1. The minimum atomic E-state index is -1.20. The number of nitrogens with one attached hydrogen (secondary N) is 1. The van der Waals surface area contributed by atoms with E-state index >= 15 is 0 Å². The van der Waals surface area contributed by atoms with Crippen molar-refractivity contribution in [1.82, 2.24) is 0 Å². The normalized spacial score (nSPS) is 11.6. The number of hydrogen-bond donors (Lipinski definition) is 1. The van der Waals surface area contributed by atoms with Crippen molar-refractivity contribution in [1.29, 1.82) is 0 Å². The third kappa shape index (κ3) is 5.00. The van der Waals surface area contributed by atoms with Gasteiger partial charge in [-0.2, -0.15) is 0 Å². The molecule has 0 aliphatic heterocycles. The van der Waals surface area contributed by atoms with Crippen LogP contribution in [0, 0.1) is 19.7 Å². The molecule has 1 atom stereocenters. The lowest BCUT2D eigenvalue weighted by Crippen LogP contribution is -2.26. The van der Waals surface area contributed by atoms with E-state index in [2.05, 4.69) is 5.32 Å². The van der Waals surface area contributed by atoms with Crippen LogP contribution in [-0.4, -0.2) is 11.9 Å². The molecular formula is C23H19ClFNO3. The first-order valence-electron chi connectivity index (χ1n) is 8.94. The highest BCUT2D eigenvalue weighted by Gasteiger charge is 2.27. The minimum Gasteiger partial charge on any atom is -0.444 e. The second-order valence-corrected chi connectivity index (χ2v) is 7.04. The molecule has 3 aromatic carbocycles. The fourth-order valence-corrected chi connectivity index (χ4v) is 3.04. The van der Waals surface area contributed by atoms with Crippen LogP contribution in [0.2, 0.25) is 5.02 Å². The minimum absolute atomic E-state index is 0.0199. The van der Waals surface area contributed by atoms with Crippen LogP contribution in [0.4, 0.5) is 10.1 Å². The Labute approximate surface area is 173 Å². The van der Waals surface area contributed by atoms with Crippen molar-refractivity contribution in [2.75, 3.05) is 5.32 Å². The standard InChI is InChI=1S/C23H19ClFNO3/c1-14-8-9-15(2)20(12-14)26-22(27)21(16-6-4-3-5-7-16)29-23(28)18-11-10-17(25)13-19(18)24/h3-13,21H,1-2H3,(H,26,27)/t21-/m1/s1. The monoisotopic (exact) mass is 411 g/mol. The Bertz CT molecular complexity index is 1050. The van der Waals surface area contributed by atoms with Crippen LogP contribution >= 0.6 is 11.6 Å². The summed E-state index contributed by atoms with van der Waals surface area (Å²) in [7, 11) is 0. The number of carbonyl (C=O) groups excluding carboxylic acids is 2. The summed E-state index contributed by atoms with van der Waals surface area (Å²) in [6, 6.07) is 17.7. The number of anilines is 1. The molecule has 148 valence electrons. The number of benzene rings is 3. The first-order valence-corrected chi connectivity index (χ1v) is 9.32. The van der Waals surface area contributed by atoms with Gasteiger partial charge in [0.1, 0.15) is 5.82 Å². The van der Waals surface area contributed by atoms with Crippen LogP contribution in [0.1, 0.15) is 33.2 Å². The molecule has 0 bridgehead atoms. The summed E-state index contributed by atoms with van der Waals surface area (Å²) in [5.74, 6) is -1.89. The number of amides is 1. The Morgan fingerprint density at radius 1 is 1.00 bits per heavy atom. The lowest BCUT2D eigenvalue weighted by Gasteiger charge is -2.19. The van der Waals surface area contributed by atoms with Crippen LogP contribution < -0.4 is 5.32 Å². The summed E-state index contributed by atoms with van der Waals surface area (Å²) >= 11 is 5.96. The predicted octanol–water partition coefficient (Wildman–Crippen LogP) is 5.63. The summed E-state index contributed by atoms with van der Waals surface area (Å²) in [5, 5.41) is 2.73. The average Bonchev–Trinajstić information content (AvgIpc) is 2.69. The molecule has 0 aliphatic rings. The van der Waals surface area contributed by atoms with Gasteiger partial charge in [0.2, 0.25) is 6.10 Å². The van der Waals surface area contributed by atoms with Crippen LogP contribution in [0.3, 0.4) is 0 Å². The van der Waals surface area contributed by atoms with Crippen LogP contribution in [0.25, 0.3) is 0 Å². The van der Waals surface area contributed by atoms with Crippen molar-refractivity contribution < 1.29 is 18.7 Å². The molecule has 0 unspecified atom stereocenters. The van der Waals surface area contributed by atoms with Gasteiger partial charge in [0.05, 0.1) is 10.6 Å². The molecule has 4 nitrogen and oxygen atoms in total. The zero-order valence-corrected chi connectivity index (χ0v) is 16.7. The van der Waals surface area contributed by atoms with E-state index in [0.717, 1.165) is 23.3 Å². The van der Waals surface area contributed by atoms with Crippen molar-refractivity contribution in [3.8, 4) is 0 Å². The van der Waals surface area contributed by atoms with Crippen molar-refractivity contribution in [2.24, 2.45) is 0 Å². The van der Waals surface area contributed by atoms with Crippen LogP contribution in [-0.2, 0) is 9.53 Å². The highest BCUT2D eigenvalue weighted by molar-refractivity contribution is 6.33. The van der Waals surface area contributed by atoms with E-state index in [4.69, 9.17) is 16.3 Å². The molecule has 1 amide bonds. The van der Waals surface area contributed by atoms with Crippen LogP contribution in [0.5, 0.6) is 0 Å². The quantitative estimate of drug-likeness (QED) is 0.553.